The number of fused-ring (bicyclic) bond motifs is 1. The first-order valence-electron chi connectivity index (χ1n) is 12.8. The maximum absolute atomic E-state index is 13.7. The Morgan fingerprint density at radius 3 is 2.49 bits per heavy atom. The number of benzene rings is 1. The Morgan fingerprint density at radius 2 is 1.68 bits per heavy atom. The number of nitrogens with zero attached hydrogens (tertiary/aromatic N) is 5. The van der Waals surface area contributed by atoms with Gasteiger partial charge in [-0.3, -0.25) is 14.3 Å². The lowest BCUT2D eigenvalue weighted by Crippen LogP contribution is -2.43. The van der Waals surface area contributed by atoms with Gasteiger partial charge in [-0.2, -0.15) is 0 Å². The second-order valence-corrected chi connectivity index (χ2v) is 9.42. The van der Waals surface area contributed by atoms with Crippen molar-refractivity contribution in [2.75, 3.05) is 49.5 Å². The molecule has 0 unspecified atom stereocenters. The van der Waals surface area contributed by atoms with Gasteiger partial charge in [0.2, 0.25) is 0 Å². The standard InChI is InChI=1S/C27H30N8O2/c36-26(32-21-18-30-13-10-22(21)33-16-14-29-15-17-33)20-4-3-7-25(31-20)35-24-6-2-1-5-23(24)34(27(35)37)19-8-11-28-12-9-19/h1-7,10,13,18-19,28-29H,8-9,11-12,14-17H2,(H,32,36). The summed E-state index contributed by atoms with van der Waals surface area (Å²) in [7, 11) is 0. The highest BCUT2D eigenvalue weighted by Crippen LogP contribution is 2.26. The van der Waals surface area contributed by atoms with Crippen LogP contribution in [-0.4, -0.2) is 64.3 Å². The number of carbonyl (C=O) groups excluding carboxylic acids is 1. The maximum Gasteiger partial charge on any atom is 0.335 e. The number of aromatic nitrogens is 4. The van der Waals surface area contributed by atoms with E-state index in [1.807, 2.05) is 34.9 Å². The van der Waals surface area contributed by atoms with Gasteiger partial charge in [-0.05, 0) is 56.3 Å². The van der Waals surface area contributed by atoms with Crippen LogP contribution in [0.1, 0.15) is 29.4 Å². The molecular weight excluding hydrogens is 468 g/mol. The molecule has 6 rings (SSSR count). The summed E-state index contributed by atoms with van der Waals surface area (Å²) in [5.74, 6) is 0.0800. The van der Waals surface area contributed by atoms with Crippen molar-refractivity contribution in [1.82, 2.24) is 29.7 Å². The molecule has 1 amide bonds. The zero-order valence-electron chi connectivity index (χ0n) is 20.6. The van der Waals surface area contributed by atoms with Crippen LogP contribution < -0.4 is 26.5 Å². The SMILES string of the molecule is O=C(Nc1cnccc1N1CCNCC1)c1cccc(-n2c(=O)n(C3CCNCC3)c3ccccc32)n1. The van der Waals surface area contributed by atoms with Gasteiger partial charge in [-0.25, -0.2) is 14.3 Å². The highest BCUT2D eigenvalue weighted by Gasteiger charge is 2.24. The fourth-order valence-corrected chi connectivity index (χ4v) is 5.34. The van der Waals surface area contributed by atoms with E-state index >= 15 is 0 Å². The highest BCUT2D eigenvalue weighted by atomic mass is 16.2. The van der Waals surface area contributed by atoms with Crippen molar-refractivity contribution in [2.24, 2.45) is 0 Å². The largest absolute Gasteiger partial charge is 0.367 e. The van der Waals surface area contributed by atoms with E-state index in [9.17, 15) is 9.59 Å². The van der Waals surface area contributed by atoms with Crippen molar-refractivity contribution in [3.05, 3.63) is 77.1 Å². The monoisotopic (exact) mass is 498 g/mol. The van der Waals surface area contributed by atoms with E-state index in [2.05, 4.69) is 30.8 Å². The third-order valence-electron chi connectivity index (χ3n) is 7.15. The number of para-hydroxylation sites is 2. The summed E-state index contributed by atoms with van der Waals surface area (Å²) < 4.78 is 3.50. The molecule has 2 fully saturated rings. The van der Waals surface area contributed by atoms with Crippen LogP contribution in [-0.2, 0) is 0 Å². The van der Waals surface area contributed by atoms with E-state index in [1.54, 1.807) is 35.2 Å². The zero-order chi connectivity index (χ0) is 25.2. The molecule has 10 nitrogen and oxygen atoms in total. The van der Waals surface area contributed by atoms with E-state index in [0.29, 0.717) is 11.5 Å². The number of piperidine rings is 1. The second-order valence-electron chi connectivity index (χ2n) is 9.42. The second kappa shape index (κ2) is 10.2. The fraction of sp³-hybridized carbons (Fsp3) is 0.333. The molecule has 0 radical (unpaired) electrons. The first-order chi connectivity index (χ1) is 18.2. The third-order valence-corrected chi connectivity index (χ3v) is 7.15. The Balaban J connectivity index is 1.34. The van der Waals surface area contributed by atoms with Gasteiger partial charge in [-0.1, -0.05) is 18.2 Å². The molecule has 0 atom stereocenters. The smallest absolute Gasteiger partial charge is 0.335 e. The summed E-state index contributed by atoms with van der Waals surface area (Å²) >= 11 is 0. The molecule has 3 N–H and O–H groups in total. The van der Waals surface area contributed by atoms with Crippen molar-refractivity contribution in [2.45, 2.75) is 18.9 Å². The summed E-state index contributed by atoms with van der Waals surface area (Å²) in [5, 5.41) is 9.70. The Kier molecular flexibility index (Phi) is 6.42. The van der Waals surface area contributed by atoms with Crippen molar-refractivity contribution >= 4 is 28.3 Å². The van der Waals surface area contributed by atoms with Crippen LogP contribution in [0, 0.1) is 0 Å². The molecule has 1 aromatic carbocycles. The first-order valence-corrected chi connectivity index (χ1v) is 12.8. The molecule has 3 aromatic heterocycles. The van der Waals surface area contributed by atoms with Crippen molar-refractivity contribution in [1.29, 1.82) is 0 Å². The molecule has 0 saturated carbocycles. The van der Waals surface area contributed by atoms with Gasteiger partial charge in [0.15, 0.2) is 0 Å². The number of rotatable bonds is 5. The molecule has 0 bridgehead atoms. The van der Waals surface area contributed by atoms with Crippen LogP contribution >= 0.6 is 0 Å². The van der Waals surface area contributed by atoms with Crippen LogP contribution in [0.3, 0.4) is 0 Å². The molecule has 5 heterocycles. The summed E-state index contributed by atoms with van der Waals surface area (Å²) in [6.45, 7) is 5.25. The predicted octanol–water partition coefficient (Wildman–Crippen LogP) is 2.17. The van der Waals surface area contributed by atoms with Crippen LogP contribution in [0.4, 0.5) is 11.4 Å². The highest BCUT2D eigenvalue weighted by molar-refractivity contribution is 6.04. The quantitative estimate of drug-likeness (QED) is 0.387. The summed E-state index contributed by atoms with van der Waals surface area (Å²) in [6.07, 6.45) is 5.18. The van der Waals surface area contributed by atoms with E-state index in [1.165, 1.54) is 0 Å². The minimum Gasteiger partial charge on any atom is -0.367 e. The molecule has 2 saturated heterocycles. The number of imidazole rings is 1. The van der Waals surface area contributed by atoms with Crippen molar-refractivity contribution in [3.63, 3.8) is 0 Å². The van der Waals surface area contributed by atoms with Gasteiger partial charge in [0.25, 0.3) is 5.91 Å². The molecule has 4 aromatic rings. The molecular formula is C27H30N8O2. The molecule has 37 heavy (non-hydrogen) atoms. The number of piperazine rings is 1. The number of amides is 1. The van der Waals surface area contributed by atoms with Crippen LogP contribution in [0.25, 0.3) is 16.9 Å². The lowest BCUT2D eigenvalue weighted by molar-refractivity contribution is 0.102. The summed E-state index contributed by atoms with van der Waals surface area (Å²) in [6, 6.07) is 15.0. The third kappa shape index (κ3) is 4.49. The Bertz CT molecular complexity index is 1480. The molecule has 0 spiro atoms. The Morgan fingerprint density at radius 1 is 0.919 bits per heavy atom. The number of carbonyl (C=O) groups is 1. The van der Waals surface area contributed by atoms with Gasteiger partial charge < -0.3 is 20.9 Å². The van der Waals surface area contributed by atoms with Gasteiger partial charge in [0.05, 0.1) is 28.6 Å². The van der Waals surface area contributed by atoms with Gasteiger partial charge in [0.1, 0.15) is 11.5 Å². The molecule has 0 aliphatic carbocycles. The normalized spacial score (nSPS) is 16.7. The average molecular weight is 499 g/mol. The van der Waals surface area contributed by atoms with Crippen LogP contribution in [0.5, 0.6) is 0 Å². The molecule has 2 aliphatic rings. The topological polar surface area (TPSA) is 109 Å². The molecule has 2 aliphatic heterocycles. The summed E-state index contributed by atoms with van der Waals surface area (Å²) in [5.41, 5.74) is 3.34. The van der Waals surface area contributed by atoms with Crippen molar-refractivity contribution in [3.8, 4) is 5.82 Å². The fourth-order valence-electron chi connectivity index (χ4n) is 5.34. The van der Waals surface area contributed by atoms with Crippen LogP contribution in [0.2, 0.25) is 0 Å². The Hall–Kier alpha value is -4.02. The van der Waals surface area contributed by atoms with Crippen molar-refractivity contribution < 1.29 is 4.79 Å². The summed E-state index contributed by atoms with van der Waals surface area (Å²) in [4.78, 5) is 38.1. The lowest BCUT2D eigenvalue weighted by Gasteiger charge is -2.30. The van der Waals surface area contributed by atoms with Gasteiger partial charge >= 0.3 is 5.69 Å². The van der Waals surface area contributed by atoms with E-state index < -0.39 is 0 Å². The zero-order valence-corrected chi connectivity index (χ0v) is 20.6. The number of hydrogen-bond acceptors (Lipinski definition) is 7. The van der Waals surface area contributed by atoms with Gasteiger partial charge in [-0.15, -0.1) is 0 Å². The van der Waals surface area contributed by atoms with E-state index in [4.69, 9.17) is 0 Å². The maximum atomic E-state index is 13.7. The number of anilines is 2. The molecule has 190 valence electrons. The Labute approximate surface area is 214 Å². The van der Waals surface area contributed by atoms with Crippen LogP contribution in [0.15, 0.2) is 65.7 Å². The average Bonchev–Trinajstić information content (AvgIpc) is 3.26. The van der Waals surface area contributed by atoms with E-state index in [-0.39, 0.29) is 23.3 Å². The minimum atomic E-state index is -0.346. The number of nitrogens with one attached hydrogen (secondary N) is 3. The lowest BCUT2D eigenvalue weighted by atomic mass is 10.1. The predicted molar refractivity (Wildman–Crippen MR) is 144 cm³/mol. The minimum absolute atomic E-state index is 0.125. The number of pyridine rings is 2. The molecule has 10 heteroatoms. The first kappa shape index (κ1) is 23.4. The van der Waals surface area contributed by atoms with Gasteiger partial charge in [0, 0.05) is 38.4 Å². The number of hydrogen-bond donors (Lipinski definition) is 3. The van der Waals surface area contributed by atoms with E-state index in [0.717, 1.165) is 68.8 Å².